The Labute approximate surface area is 136 Å². The Morgan fingerprint density at radius 1 is 1.48 bits per heavy atom. The predicted octanol–water partition coefficient (Wildman–Crippen LogP) is 2.71. The quantitative estimate of drug-likeness (QED) is 0.685. The molecular weight excluding hydrogens is 327 g/mol. The number of halogens is 3. The molecule has 23 heavy (non-hydrogen) atoms. The first-order chi connectivity index (χ1) is 10.8. The van der Waals surface area contributed by atoms with Crippen molar-refractivity contribution in [3.8, 4) is 0 Å². The van der Waals surface area contributed by atoms with E-state index in [2.05, 4.69) is 15.4 Å². The maximum Gasteiger partial charge on any atom is 0.435 e. The first-order valence-electron chi connectivity index (χ1n) is 6.84. The number of aliphatic imine (C=N–C) groups is 1. The Morgan fingerprint density at radius 3 is 2.78 bits per heavy atom. The first-order valence-corrected chi connectivity index (χ1v) is 7.78. The summed E-state index contributed by atoms with van der Waals surface area (Å²) in [5.74, 6) is 0.521. The molecule has 0 aliphatic carbocycles. The van der Waals surface area contributed by atoms with Crippen LogP contribution in [0.5, 0.6) is 0 Å². The summed E-state index contributed by atoms with van der Waals surface area (Å²) < 4.78 is 40.0. The van der Waals surface area contributed by atoms with Crippen molar-refractivity contribution in [1.82, 2.24) is 20.0 Å². The average Bonchev–Trinajstić information content (AvgIpc) is 3.08. The lowest BCUT2D eigenvalue weighted by atomic mass is 10.2. The lowest BCUT2D eigenvalue weighted by Crippen LogP contribution is -2.38. The molecule has 0 fully saturated rings. The number of nitrogens with one attached hydrogen (secondary N) is 1. The predicted molar refractivity (Wildman–Crippen MR) is 84.2 cm³/mol. The summed E-state index contributed by atoms with van der Waals surface area (Å²) in [5.41, 5.74) is 0.339. The molecule has 2 aromatic rings. The maximum absolute atomic E-state index is 12.9. The second kappa shape index (κ2) is 7.03. The van der Waals surface area contributed by atoms with Crippen LogP contribution in [0, 0.1) is 0 Å². The summed E-state index contributed by atoms with van der Waals surface area (Å²) >= 11 is 1.60. The summed E-state index contributed by atoms with van der Waals surface area (Å²) in [6.07, 6.45) is -3.10. The van der Waals surface area contributed by atoms with Gasteiger partial charge in [0.25, 0.3) is 0 Å². The van der Waals surface area contributed by atoms with E-state index in [1.165, 1.54) is 13.2 Å². The number of thiophene rings is 1. The van der Waals surface area contributed by atoms with Crippen LogP contribution in [0.25, 0.3) is 0 Å². The summed E-state index contributed by atoms with van der Waals surface area (Å²) in [6, 6.07) is 2.00. The molecule has 126 valence electrons. The third kappa shape index (κ3) is 4.47. The molecule has 0 radical (unpaired) electrons. The molecule has 2 heterocycles. The van der Waals surface area contributed by atoms with Gasteiger partial charge in [0.05, 0.1) is 0 Å². The highest BCUT2D eigenvalue weighted by Gasteiger charge is 2.36. The van der Waals surface area contributed by atoms with Crippen LogP contribution in [0.4, 0.5) is 13.2 Å². The molecule has 1 N–H and O–H groups in total. The molecule has 0 saturated heterocycles. The van der Waals surface area contributed by atoms with Crippen molar-refractivity contribution in [3.63, 3.8) is 0 Å². The topological polar surface area (TPSA) is 45.5 Å². The zero-order valence-corrected chi connectivity index (χ0v) is 13.9. The van der Waals surface area contributed by atoms with Gasteiger partial charge < -0.3 is 10.2 Å². The lowest BCUT2D eigenvalue weighted by Gasteiger charge is -2.21. The van der Waals surface area contributed by atoms with Crippen molar-refractivity contribution in [2.24, 2.45) is 12.0 Å². The molecule has 0 aliphatic heterocycles. The second-order valence-corrected chi connectivity index (χ2v) is 5.84. The highest BCUT2D eigenvalue weighted by atomic mass is 32.1. The van der Waals surface area contributed by atoms with Crippen molar-refractivity contribution >= 4 is 17.3 Å². The van der Waals surface area contributed by atoms with Crippen LogP contribution in [-0.2, 0) is 26.3 Å². The molecule has 0 unspecified atom stereocenters. The van der Waals surface area contributed by atoms with Crippen molar-refractivity contribution < 1.29 is 13.2 Å². The van der Waals surface area contributed by atoms with Gasteiger partial charge in [-0.1, -0.05) is 0 Å². The Morgan fingerprint density at radius 2 is 2.22 bits per heavy atom. The molecule has 0 aliphatic rings. The largest absolute Gasteiger partial charge is 0.435 e. The highest BCUT2D eigenvalue weighted by molar-refractivity contribution is 7.07. The standard InChI is InChI=1S/C14H18F3N5S/c1-18-13(21(2)7-10-4-5-23-9-10)19-6-11-8-22(3)20-12(11)14(15,16)17/h4-5,8-9H,6-7H2,1-3H3,(H,18,19). The van der Waals surface area contributed by atoms with Crippen LogP contribution >= 0.6 is 11.3 Å². The van der Waals surface area contributed by atoms with Gasteiger partial charge in [0.1, 0.15) is 0 Å². The minimum absolute atomic E-state index is 0.00331. The Bertz CT molecular complexity index is 661. The smallest absolute Gasteiger partial charge is 0.352 e. The molecule has 9 heteroatoms. The van der Waals surface area contributed by atoms with Gasteiger partial charge in [-0.25, -0.2) is 0 Å². The molecule has 0 spiro atoms. The zero-order valence-electron chi connectivity index (χ0n) is 13.1. The van der Waals surface area contributed by atoms with Crippen LogP contribution in [0.1, 0.15) is 16.8 Å². The SMILES string of the molecule is CN=C(NCc1cn(C)nc1C(F)(F)F)N(C)Cc1ccsc1. The van der Waals surface area contributed by atoms with E-state index in [-0.39, 0.29) is 12.1 Å². The Kier molecular flexibility index (Phi) is 5.30. The number of aryl methyl sites for hydroxylation is 1. The summed E-state index contributed by atoms with van der Waals surface area (Å²) in [4.78, 5) is 5.96. The van der Waals surface area contributed by atoms with Crippen LogP contribution in [0.3, 0.4) is 0 Å². The number of nitrogens with zero attached hydrogens (tertiary/aromatic N) is 4. The number of hydrogen-bond donors (Lipinski definition) is 1. The van der Waals surface area contributed by atoms with Gasteiger partial charge in [0.2, 0.25) is 0 Å². The van der Waals surface area contributed by atoms with E-state index >= 15 is 0 Å². The molecule has 0 aromatic carbocycles. The van der Waals surface area contributed by atoms with E-state index in [9.17, 15) is 13.2 Å². The minimum Gasteiger partial charge on any atom is -0.352 e. The van der Waals surface area contributed by atoms with Gasteiger partial charge >= 0.3 is 6.18 Å². The number of alkyl halides is 3. The number of aromatic nitrogens is 2. The zero-order chi connectivity index (χ0) is 17.0. The van der Waals surface area contributed by atoms with Crippen molar-refractivity contribution in [2.75, 3.05) is 14.1 Å². The Balaban J connectivity index is 2.04. The molecule has 5 nitrogen and oxygen atoms in total. The fourth-order valence-corrected chi connectivity index (χ4v) is 2.86. The number of rotatable bonds is 4. The van der Waals surface area contributed by atoms with Crippen LogP contribution in [-0.4, -0.2) is 34.7 Å². The van der Waals surface area contributed by atoms with Crippen LogP contribution in [0.2, 0.25) is 0 Å². The molecule has 0 atom stereocenters. The first kappa shape index (κ1) is 17.3. The fraction of sp³-hybridized carbons (Fsp3) is 0.429. The second-order valence-electron chi connectivity index (χ2n) is 5.06. The molecule has 0 amide bonds. The fourth-order valence-electron chi connectivity index (χ4n) is 2.20. The van der Waals surface area contributed by atoms with E-state index in [1.54, 1.807) is 18.4 Å². The van der Waals surface area contributed by atoms with Gasteiger partial charge in [-0.3, -0.25) is 9.67 Å². The van der Waals surface area contributed by atoms with Gasteiger partial charge in [-0.05, 0) is 22.4 Å². The molecule has 2 aromatic heterocycles. The van der Waals surface area contributed by atoms with Crippen molar-refractivity contribution in [2.45, 2.75) is 19.3 Å². The van der Waals surface area contributed by atoms with Gasteiger partial charge in [0.15, 0.2) is 11.7 Å². The van der Waals surface area contributed by atoms with E-state index < -0.39 is 11.9 Å². The average molecular weight is 345 g/mol. The number of hydrogen-bond acceptors (Lipinski definition) is 3. The molecule has 2 rings (SSSR count). The Hall–Kier alpha value is -2.03. The summed E-state index contributed by atoms with van der Waals surface area (Å²) in [5, 5.41) is 10.4. The molecular formula is C14H18F3N5S. The van der Waals surface area contributed by atoms with Crippen molar-refractivity contribution in [3.05, 3.63) is 39.8 Å². The van der Waals surface area contributed by atoms with E-state index in [4.69, 9.17) is 0 Å². The van der Waals surface area contributed by atoms with Crippen LogP contribution < -0.4 is 5.32 Å². The minimum atomic E-state index is -4.47. The summed E-state index contributed by atoms with van der Waals surface area (Å²) in [7, 11) is 4.90. The molecule has 0 saturated carbocycles. The third-order valence-electron chi connectivity index (χ3n) is 3.18. The van der Waals surface area contributed by atoms with Crippen molar-refractivity contribution in [1.29, 1.82) is 0 Å². The molecule has 0 bridgehead atoms. The normalized spacial score (nSPS) is 12.5. The third-order valence-corrected chi connectivity index (χ3v) is 3.92. The van der Waals surface area contributed by atoms with Gasteiger partial charge in [-0.15, -0.1) is 0 Å². The monoisotopic (exact) mass is 345 g/mol. The lowest BCUT2D eigenvalue weighted by molar-refractivity contribution is -0.142. The number of guanidine groups is 1. The maximum atomic E-state index is 12.9. The summed E-state index contributed by atoms with van der Waals surface area (Å²) in [6.45, 7) is 0.631. The van der Waals surface area contributed by atoms with Gasteiger partial charge in [-0.2, -0.15) is 29.6 Å². The van der Waals surface area contributed by atoms with E-state index in [0.717, 1.165) is 10.2 Å². The highest BCUT2D eigenvalue weighted by Crippen LogP contribution is 2.30. The van der Waals surface area contributed by atoms with Crippen LogP contribution in [0.15, 0.2) is 28.0 Å². The van der Waals surface area contributed by atoms with E-state index in [0.29, 0.717) is 12.5 Å². The van der Waals surface area contributed by atoms with E-state index in [1.807, 2.05) is 28.8 Å². The van der Waals surface area contributed by atoms with Gasteiger partial charge in [0, 0.05) is 46.0 Å².